The lowest BCUT2D eigenvalue weighted by Crippen LogP contribution is -2.56. The minimum atomic E-state index is -4.79. The Bertz CT molecular complexity index is 954. The van der Waals surface area contributed by atoms with E-state index in [1.54, 1.807) is 37.3 Å². The molecule has 0 radical (unpaired) electrons. The van der Waals surface area contributed by atoms with Crippen LogP contribution in [-0.2, 0) is 10.0 Å². The first-order chi connectivity index (χ1) is 14.5. The van der Waals surface area contributed by atoms with Crippen molar-refractivity contribution in [1.82, 2.24) is 10.0 Å². The van der Waals surface area contributed by atoms with Crippen molar-refractivity contribution in [2.24, 2.45) is 0 Å². The standard InChI is InChI=1S/C23H29F3N2O2S/c1-4-5-16-27-21(15-12-19-10-6-17(2)7-11-19)22(23(24,25)26)28-31(29,30)20-13-8-18(3)9-14-20/h6-15,21-22,27-28H,4-5,16H2,1-3H3/b15-12+/t21-,22+/m0/s1. The summed E-state index contributed by atoms with van der Waals surface area (Å²) in [5, 5.41) is 2.86. The van der Waals surface area contributed by atoms with Gasteiger partial charge in [-0.2, -0.15) is 17.9 Å². The summed E-state index contributed by atoms with van der Waals surface area (Å²) in [6.07, 6.45) is -0.380. The Labute approximate surface area is 182 Å². The maximum atomic E-state index is 14.0. The number of hydrogen-bond donors (Lipinski definition) is 2. The topological polar surface area (TPSA) is 58.2 Å². The Morgan fingerprint density at radius 3 is 2.03 bits per heavy atom. The summed E-state index contributed by atoms with van der Waals surface area (Å²) in [5.41, 5.74) is 2.58. The Hall–Kier alpha value is -2.16. The molecule has 2 atom stereocenters. The fourth-order valence-corrected chi connectivity index (χ4v) is 4.18. The summed E-state index contributed by atoms with van der Waals surface area (Å²) in [5.74, 6) is 0. The summed E-state index contributed by atoms with van der Waals surface area (Å²) >= 11 is 0. The van der Waals surface area contributed by atoms with Gasteiger partial charge >= 0.3 is 6.18 Å². The Morgan fingerprint density at radius 2 is 1.52 bits per heavy atom. The van der Waals surface area contributed by atoms with Crippen LogP contribution in [0.3, 0.4) is 0 Å². The molecule has 4 nitrogen and oxygen atoms in total. The molecule has 0 unspecified atom stereocenters. The lowest BCUT2D eigenvalue weighted by atomic mass is 10.1. The molecule has 0 amide bonds. The zero-order valence-corrected chi connectivity index (χ0v) is 18.7. The van der Waals surface area contributed by atoms with Crippen molar-refractivity contribution >= 4 is 16.1 Å². The average Bonchev–Trinajstić information content (AvgIpc) is 2.70. The van der Waals surface area contributed by atoms with E-state index >= 15 is 0 Å². The highest BCUT2D eigenvalue weighted by Crippen LogP contribution is 2.26. The third-order valence-corrected chi connectivity index (χ3v) is 6.27. The van der Waals surface area contributed by atoms with Gasteiger partial charge in [0.2, 0.25) is 10.0 Å². The summed E-state index contributed by atoms with van der Waals surface area (Å²) in [7, 11) is -4.37. The highest BCUT2D eigenvalue weighted by Gasteiger charge is 2.46. The molecular weight excluding hydrogens is 425 g/mol. The normalized spacial score (nSPS) is 14.6. The van der Waals surface area contributed by atoms with Crippen LogP contribution < -0.4 is 10.0 Å². The minimum absolute atomic E-state index is 0.206. The smallest absolute Gasteiger partial charge is 0.309 e. The quantitative estimate of drug-likeness (QED) is 0.498. The van der Waals surface area contributed by atoms with E-state index in [1.165, 1.54) is 18.2 Å². The molecule has 0 aromatic heterocycles. The third kappa shape index (κ3) is 7.79. The van der Waals surface area contributed by atoms with Gasteiger partial charge in [-0.3, -0.25) is 0 Å². The number of unbranched alkanes of at least 4 members (excludes halogenated alkanes) is 1. The van der Waals surface area contributed by atoms with E-state index in [9.17, 15) is 21.6 Å². The first kappa shape index (κ1) is 25.1. The second-order valence-electron chi connectivity index (χ2n) is 7.56. The van der Waals surface area contributed by atoms with Crippen LogP contribution in [0.1, 0.15) is 36.5 Å². The second-order valence-corrected chi connectivity index (χ2v) is 9.27. The van der Waals surface area contributed by atoms with Gasteiger partial charge in [0, 0.05) is 0 Å². The number of rotatable bonds is 10. The van der Waals surface area contributed by atoms with Gasteiger partial charge in [-0.25, -0.2) is 8.42 Å². The minimum Gasteiger partial charge on any atom is -0.309 e. The van der Waals surface area contributed by atoms with Crippen LogP contribution >= 0.6 is 0 Å². The predicted molar refractivity (Wildman–Crippen MR) is 118 cm³/mol. The lowest BCUT2D eigenvalue weighted by molar-refractivity contribution is -0.155. The molecule has 0 heterocycles. The van der Waals surface area contributed by atoms with Gasteiger partial charge in [-0.05, 0) is 44.5 Å². The number of alkyl halides is 3. The van der Waals surface area contributed by atoms with Crippen LogP contribution in [0.2, 0.25) is 0 Å². The first-order valence-corrected chi connectivity index (χ1v) is 11.6. The van der Waals surface area contributed by atoms with E-state index < -0.39 is 28.3 Å². The van der Waals surface area contributed by atoms with E-state index in [0.29, 0.717) is 13.0 Å². The van der Waals surface area contributed by atoms with Gasteiger partial charge in [0.15, 0.2) is 0 Å². The molecule has 2 aromatic rings. The molecule has 0 aliphatic heterocycles. The monoisotopic (exact) mass is 454 g/mol. The van der Waals surface area contributed by atoms with Gasteiger partial charge in [0.1, 0.15) is 6.04 Å². The first-order valence-electron chi connectivity index (χ1n) is 10.2. The maximum Gasteiger partial charge on any atom is 0.406 e. The molecule has 2 rings (SSSR count). The molecule has 2 aromatic carbocycles. The van der Waals surface area contributed by atoms with Crippen molar-refractivity contribution < 1.29 is 21.6 Å². The molecule has 2 N–H and O–H groups in total. The number of benzene rings is 2. The van der Waals surface area contributed by atoms with E-state index in [1.807, 2.05) is 30.7 Å². The van der Waals surface area contributed by atoms with E-state index in [4.69, 9.17) is 0 Å². The fourth-order valence-electron chi connectivity index (χ4n) is 2.93. The fraction of sp³-hybridized carbons (Fsp3) is 0.391. The molecular formula is C23H29F3N2O2S. The molecule has 8 heteroatoms. The van der Waals surface area contributed by atoms with Crippen molar-refractivity contribution in [1.29, 1.82) is 0 Å². The second kappa shape index (κ2) is 10.9. The van der Waals surface area contributed by atoms with Crippen molar-refractivity contribution in [3.8, 4) is 0 Å². The molecule has 0 fully saturated rings. The van der Waals surface area contributed by atoms with E-state index in [0.717, 1.165) is 23.1 Å². The molecule has 0 saturated heterocycles. The molecule has 0 bridgehead atoms. The van der Waals surface area contributed by atoms with Crippen LogP contribution in [0.4, 0.5) is 13.2 Å². The van der Waals surface area contributed by atoms with Crippen molar-refractivity contribution in [3.05, 3.63) is 71.3 Å². The SMILES string of the molecule is CCCCN[C@@H](/C=C/c1ccc(C)cc1)[C@@H](NS(=O)(=O)c1ccc(C)cc1)C(F)(F)F. The van der Waals surface area contributed by atoms with Gasteiger partial charge in [-0.15, -0.1) is 0 Å². The molecule has 170 valence electrons. The highest BCUT2D eigenvalue weighted by atomic mass is 32.2. The van der Waals surface area contributed by atoms with Crippen molar-refractivity contribution in [2.75, 3.05) is 6.54 Å². The number of sulfonamides is 1. The van der Waals surface area contributed by atoms with E-state index in [-0.39, 0.29) is 4.90 Å². The number of nitrogens with one attached hydrogen (secondary N) is 2. The Kier molecular flexibility index (Phi) is 8.85. The third-order valence-electron chi connectivity index (χ3n) is 4.81. The molecule has 0 aliphatic rings. The molecule has 0 aliphatic carbocycles. The van der Waals surface area contributed by atoms with Crippen LogP contribution in [0, 0.1) is 13.8 Å². The van der Waals surface area contributed by atoms with Crippen LogP contribution in [-0.4, -0.2) is 33.2 Å². The maximum absolute atomic E-state index is 14.0. The van der Waals surface area contributed by atoms with Crippen LogP contribution in [0.5, 0.6) is 0 Å². The summed E-state index contributed by atoms with van der Waals surface area (Å²) < 4.78 is 69.1. The number of hydrogen-bond acceptors (Lipinski definition) is 3. The zero-order chi connectivity index (χ0) is 23.1. The number of halogens is 3. The van der Waals surface area contributed by atoms with Crippen LogP contribution in [0.15, 0.2) is 59.5 Å². The summed E-state index contributed by atoms with van der Waals surface area (Å²) in [6.45, 7) is 5.95. The van der Waals surface area contributed by atoms with Gasteiger partial charge < -0.3 is 5.32 Å². The Morgan fingerprint density at radius 1 is 0.968 bits per heavy atom. The molecule has 0 saturated carbocycles. The van der Waals surface area contributed by atoms with E-state index in [2.05, 4.69) is 5.32 Å². The van der Waals surface area contributed by atoms with Gasteiger partial charge in [0.25, 0.3) is 0 Å². The number of aryl methyl sites for hydroxylation is 2. The predicted octanol–water partition coefficient (Wildman–Crippen LogP) is 4.98. The van der Waals surface area contributed by atoms with Gasteiger partial charge in [0.05, 0.1) is 10.9 Å². The van der Waals surface area contributed by atoms with Crippen molar-refractivity contribution in [3.63, 3.8) is 0 Å². The van der Waals surface area contributed by atoms with Crippen LogP contribution in [0.25, 0.3) is 6.08 Å². The summed E-state index contributed by atoms with van der Waals surface area (Å²) in [6, 6.07) is 9.42. The summed E-state index contributed by atoms with van der Waals surface area (Å²) in [4.78, 5) is -0.206. The molecule has 31 heavy (non-hydrogen) atoms. The van der Waals surface area contributed by atoms with Gasteiger partial charge in [-0.1, -0.05) is 73.0 Å². The lowest BCUT2D eigenvalue weighted by Gasteiger charge is -2.28. The Balaban J connectivity index is 2.35. The van der Waals surface area contributed by atoms with Crippen molar-refractivity contribution in [2.45, 2.75) is 56.8 Å². The largest absolute Gasteiger partial charge is 0.406 e. The zero-order valence-electron chi connectivity index (χ0n) is 17.9. The highest BCUT2D eigenvalue weighted by molar-refractivity contribution is 7.89. The molecule has 0 spiro atoms. The average molecular weight is 455 g/mol.